The fourth-order valence-electron chi connectivity index (χ4n) is 2.51. The van der Waals surface area contributed by atoms with Crippen LogP contribution < -0.4 is 10.1 Å². The first-order chi connectivity index (χ1) is 12.9. The SMILES string of the molecule is COc1ccc(CCC(=O)N[C@@H](Cc2ccc([N+](=O)[O-])cc2)C(=O)O)cc1. The van der Waals surface area contributed by atoms with Gasteiger partial charge in [0.1, 0.15) is 11.8 Å². The lowest BCUT2D eigenvalue weighted by atomic mass is 10.0. The Bertz CT molecular complexity index is 802. The number of carboxylic acid groups (broad SMARTS) is 1. The van der Waals surface area contributed by atoms with Gasteiger partial charge >= 0.3 is 5.97 Å². The minimum Gasteiger partial charge on any atom is -0.497 e. The number of nitro groups is 1. The van der Waals surface area contributed by atoms with Gasteiger partial charge in [0, 0.05) is 25.0 Å². The summed E-state index contributed by atoms with van der Waals surface area (Å²) in [6, 6.07) is 11.8. The van der Waals surface area contributed by atoms with Crippen LogP contribution in [0.2, 0.25) is 0 Å². The summed E-state index contributed by atoms with van der Waals surface area (Å²) in [7, 11) is 1.57. The van der Waals surface area contributed by atoms with Gasteiger partial charge in [-0.15, -0.1) is 0 Å². The average molecular weight is 372 g/mol. The molecule has 2 N–H and O–H groups in total. The number of non-ortho nitro benzene ring substituents is 1. The Morgan fingerprint density at radius 1 is 1.11 bits per heavy atom. The van der Waals surface area contributed by atoms with E-state index in [0.29, 0.717) is 12.0 Å². The fourth-order valence-corrected chi connectivity index (χ4v) is 2.51. The highest BCUT2D eigenvalue weighted by Crippen LogP contribution is 2.14. The van der Waals surface area contributed by atoms with Crippen LogP contribution in [0.5, 0.6) is 5.75 Å². The second-order valence-electron chi connectivity index (χ2n) is 5.93. The highest BCUT2D eigenvalue weighted by molar-refractivity contribution is 5.83. The summed E-state index contributed by atoms with van der Waals surface area (Å²) in [4.78, 5) is 33.7. The topological polar surface area (TPSA) is 119 Å². The maximum Gasteiger partial charge on any atom is 0.326 e. The number of methoxy groups -OCH3 is 1. The zero-order valence-electron chi connectivity index (χ0n) is 14.8. The number of hydrogen-bond donors (Lipinski definition) is 2. The molecule has 1 atom stereocenters. The number of carbonyl (C=O) groups excluding carboxylic acids is 1. The van der Waals surface area contributed by atoms with Crippen LogP contribution in [0.25, 0.3) is 0 Å². The molecule has 8 nitrogen and oxygen atoms in total. The van der Waals surface area contributed by atoms with Crippen LogP contribution in [-0.2, 0) is 22.4 Å². The third kappa shape index (κ3) is 6.10. The van der Waals surface area contributed by atoms with Gasteiger partial charge in [-0.25, -0.2) is 4.79 Å². The van der Waals surface area contributed by atoms with Crippen LogP contribution in [0.4, 0.5) is 5.69 Å². The zero-order valence-corrected chi connectivity index (χ0v) is 14.8. The standard InChI is InChI=1S/C19H20N2O6/c1-27-16-9-4-13(5-10-16)6-11-18(22)20-17(19(23)24)12-14-2-7-15(8-3-14)21(25)26/h2-5,7-10,17H,6,11-12H2,1H3,(H,20,22)(H,23,24)/t17-/m0/s1. The third-order valence-corrected chi connectivity index (χ3v) is 4.02. The largest absolute Gasteiger partial charge is 0.497 e. The lowest BCUT2D eigenvalue weighted by Gasteiger charge is -2.14. The highest BCUT2D eigenvalue weighted by Gasteiger charge is 2.20. The summed E-state index contributed by atoms with van der Waals surface area (Å²) in [6.45, 7) is 0. The molecule has 0 fully saturated rings. The van der Waals surface area contributed by atoms with Gasteiger partial charge in [0.15, 0.2) is 0 Å². The Hall–Kier alpha value is -3.42. The van der Waals surface area contributed by atoms with Crippen molar-refractivity contribution in [2.45, 2.75) is 25.3 Å². The number of amides is 1. The molecule has 0 bridgehead atoms. The maximum atomic E-state index is 12.1. The molecule has 1 amide bonds. The van der Waals surface area contributed by atoms with E-state index in [1.807, 2.05) is 12.1 Å². The van der Waals surface area contributed by atoms with E-state index in [9.17, 15) is 24.8 Å². The number of nitrogens with one attached hydrogen (secondary N) is 1. The second-order valence-corrected chi connectivity index (χ2v) is 5.93. The number of carboxylic acids is 1. The number of aliphatic carboxylic acids is 1. The van der Waals surface area contributed by atoms with Crippen molar-refractivity contribution in [2.75, 3.05) is 7.11 Å². The van der Waals surface area contributed by atoms with Gasteiger partial charge in [0.2, 0.25) is 5.91 Å². The Morgan fingerprint density at radius 3 is 2.22 bits per heavy atom. The molecule has 27 heavy (non-hydrogen) atoms. The van der Waals surface area contributed by atoms with Crippen LogP contribution in [0, 0.1) is 10.1 Å². The molecule has 8 heteroatoms. The van der Waals surface area contributed by atoms with E-state index >= 15 is 0 Å². The van der Waals surface area contributed by atoms with Gasteiger partial charge in [0.05, 0.1) is 12.0 Å². The minimum absolute atomic E-state index is 0.0433. The van der Waals surface area contributed by atoms with Crippen LogP contribution in [0.1, 0.15) is 17.5 Å². The van der Waals surface area contributed by atoms with E-state index in [4.69, 9.17) is 4.74 Å². The van der Waals surface area contributed by atoms with Crippen molar-refractivity contribution in [3.8, 4) is 5.75 Å². The smallest absolute Gasteiger partial charge is 0.326 e. The summed E-state index contributed by atoms with van der Waals surface area (Å²) < 4.78 is 5.07. The number of carbonyl (C=O) groups is 2. The first-order valence-electron chi connectivity index (χ1n) is 8.27. The van der Waals surface area contributed by atoms with E-state index < -0.39 is 16.9 Å². The monoisotopic (exact) mass is 372 g/mol. The number of ether oxygens (including phenoxy) is 1. The highest BCUT2D eigenvalue weighted by atomic mass is 16.6. The third-order valence-electron chi connectivity index (χ3n) is 4.02. The number of hydrogen-bond acceptors (Lipinski definition) is 5. The molecule has 2 rings (SSSR count). The van der Waals surface area contributed by atoms with E-state index in [1.54, 1.807) is 19.2 Å². The molecule has 0 radical (unpaired) electrons. The molecule has 142 valence electrons. The van der Waals surface area contributed by atoms with Crippen LogP contribution in [-0.4, -0.2) is 35.1 Å². The molecule has 0 aromatic heterocycles. The van der Waals surface area contributed by atoms with Gasteiger partial charge in [0.25, 0.3) is 5.69 Å². The van der Waals surface area contributed by atoms with Gasteiger partial charge in [-0.05, 0) is 29.7 Å². The Labute approximate surface area is 155 Å². The fraction of sp³-hybridized carbons (Fsp3) is 0.263. The second kappa shape index (κ2) is 9.33. The number of aryl methyl sites for hydroxylation is 1. The van der Waals surface area contributed by atoms with Crippen molar-refractivity contribution in [1.82, 2.24) is 5.32 Å². The van der Waals surface area contributed by atoms with E-state index in [-0.39, 0.29) is 24.4 Å². The zero-order chi connectivity index (χ0) is 19.8. The summed E-state index contributed by atoms with van der Waals surface area (Å²) in [6.07, 6.45) is 0.664. The Kier molecular flexibility index (Phi) is 6.87. The summed E-state index contributed by atoms with van der Waals surface area (Å²) in [5, 5.41) is 22.5. The van der Waals surface area contributed by atoms with E-state index in [1.165, 1.54) is 24.3 Å². The number of rotatable bonds is 9. The number of benzene rings is 2. The molecule has 0 spiro atoms. The summed E-state index contributed by atoms with van der Waals surface area (Å²) in [5.41, 5.74) is 1.45. The van der Waals surface area contributed by atoms with Crippen LogP contribution in [0.15, 0.2) is 48.5 Å². The van der Waals surface area contributed by atoms with Crippen molar-refractivity contribution in [3.63, 3.8) is 0 Å². The maximum absolute atomic E-state index is 12.1. The molecule has 0 aliphatic rings. The van der Waals surface area contributed by atoms with Gasteiger partial charge in [-0.2, -0.15) is 0 Å². The first-order valence-corrected chi connectivity index (χ1v) is 8.27. The first kappa shape index (κ1) is 19.9. The molecule has 0 heterocycles. The van der Waals surface area contributed by atoms with Gasteiger partial charge in [-0.3, -0.25) is 14.9 Å². The molecular formula is C19H20N2O6. The molecule has 0 aliphatic heterocycles. The predicted molar refractivity (Wildman–Crippen MR) is 97.7 cm³/mol. The van der Waals surface area contributed by atoms with E-state index in [0.717, 1.165) is 11.3 Å². The van der Waals surface area contributed by atoms with Crippen LogP contribution >= 0.6 is 0 Å². The lowest BCUT2D eigenvalue weighted by molar-refractivity contribution is -0.384. The number of nitro benzene ring substituents is 1. The molecule has 0 saturated heterocycles. The average Bonchev–Trinajstić information content (AvgIpc) is 2.66. The molecule has 2 aromatic carbocycles. The van der Waals surface area contributed by atoms with Gasteiger partial charge < -0.3 is 15.2 Å². The van der Waals surface area contributed by atoms with Crippen molar-refractivity contribution in [1.29, 1.82) is 0 Å². The molecule has 0 saturated carbocycles. The quantitative estimate of drug-likeness (QED) is 0.515. The van der Waals surface area contributed by atoms with Crippen molar-refractivity contribution in [3.05, 3.63) is 69.8 Å². The van der Waals surface area contributed by atoms with Crippen molar-refractivity contribution >= 4 is 17.6 Å². The summed E-state index contributed by atoms with van der Waals surface area (Å²) in [5.74, 6) is -0.816. The lowest BCUT2D eigenvalue weighted by Crippen LogP contribution is -2.42. The Balaban J connectivity index is 1.91. The molecule has 2 aromatic rings. The number of nitrogens with zero attached hydrogens (tertiary/aromatic N) is 1. The normalized spacial score (nSPS) is 11.4. The van der Waals surface area contributed by atoms with E-state index in [2.05, 4.69) is 5.32 Å². The molecular weight excluding hydrogens is 352 g/mol. The minimum atomic E-state index is -1.16. The summed E-state index contributed by atoms with van der Waals surface area (Å²) >= 11 is 0. The molecule has 0 unspecified atom stereocenters. The predicted octanol–water partition coefficient (Wildman–Crippen LogP) is 2.35. The van der Waals surface area contributed by atoms with Crippen molar-refractivity contribution < 1.29 is 24.4 Å². The van der Waals surface area contributed by atoms with Gasteiger partial charge in [-0.1, -0.05) is 24.3 Å². The Morgan fingerprint density at radius 2 is 1.70 bits per heavy atom. The molecule has 0 aliphatic carbocycles. The van der Waals surface area contributed by atoms with Crippen molar-refractivity contribution in [2.24, 2.45) is 0 Å². The van der Waals surface area contributed by atoms with Crippen LogP contribution in [0.3, 0.4) is 0 Å².